The Hall–Kier alpha value is -0.540. The number of rotatable bonds is 4. The molecule has 0 aliphatic rings. The van der Waals surface area contributed by atoms with E-state index in [0.717, 1.165) is 16.9 Å². The van der Waals surface area contributed by atoms with Crippen LogP contribution in [0.4, 0.5) is 0 Å². The lowest BCUT2D eigenvalue weighted by atomic mass is 10.1. The number of aryl methyl sites for hydroxylation is 1. The Bertz CT molecular complexity index is 536. The number of hydrogen-bond acceptors (Lipinski definition) is 2. The van der Waals surface area contributed by atoms with Crippen molar-refractivity contribution in [2.75, 3.05) is 0 Å². The van der Waals surface area contributed by atoms with Crippen molar-refractivity contribution in [3.63, 3.8) is 0 Å². The molecule has 0 fully saturated rings. The average Bonchev–Trinajstić information content (AvgIpc) is 2.82. The van der Waals surface area contributed by atoms with Crippen LogP contribution in [-0.4, -0.2) is 5.11 Å². The Morgan fingerprint density at radius 2 is 2.00 bits per heavy atom. The van der Waals surface area contributed by atoms with Gasteiger partial charge in [-0.2, -0.15) is 0 Å². The Kier molecular flexibility index (Phi) is 4.68. The highest BCUT2D eigenvalue weighted by Crippen LogP contribution is 2.29. The first-order valence-corrected chi connectivity index (χ1v) is 7.38. The first-order chi connectivity index (χ1) is 8.60. The van der Waals surface area contributed by atoms with E-state index < -0.39 is 6.10 Å². The molecular formula is C14H14Cl2OS. The highest BCUT2D eigenvalue weighted by atomic mass is 35.5. The van der Waals surface area contributed by atoms with Gasteiger partial charge in [0.2, 0.25) is 0 Å². The third kappa shape index (κ3) is 3.27. The van der Waals surface area contributed by atoms with Crippen LogP contribution >= 0.6 is 34.5 Å². The molecule has 0 amide bonds. The highest BCUT2D eigenvalue weighted by Gasteiger charge is 2.13. The molecule has 1 heterocycles. The van der Waals surface area contributed by atoms with Gasteiger partial charge in [-0.3, -0.25) is 0 Å². The molecule has 2 aromatic rings. The zero-order chi connectivity index (χ0) is 13.1. The molecule has 4 heteroatoms. The number of aliphatic hydroxyl groups is 1. The largest absolute Gasteiger partial charge is 0.387 e. The van der Waals surface area contributed by atoms with E-state index in [1.807, 2.05) is 6.07 Å². The van der Waals surface area contributed by atoms with E-state index in [1.165, 1.54) is 4.88 Å². The van der Waals surface area contributed by atoms with Crippen LogP contribution in [0.3, 0.4) is 0 Å². The standard InChI is InChI=1S/C14H14Cl2OS/c1-2-11-4-6-14(18-11)13(17)8-9-7-10(15)3-5-12(9)16/h3-7,13,17H,2,8H2,1H3. The summed E-state index contributed by atoms with van der Waals surface area (Å²) in [6.45, 7) is 2.11. The zero-order valence-electron chi connectivity index (χ0n) is 9.99. The summed E-state index contributed by atoms with van der Waals surface area (Å²) in [4.78, 5) is 2.25. The van der Waals surface area contributed by atoms with Crippen LogP contribution < -0.4 is 0 Å². The van der Waals surface area contributed by atoms with Crippen LogP contribution in [0.25, 0.3) is 0 Å². The van der Waals surface area contributed by atoms with Crippen molar-refractivity contribution in [3.05, 3.63) is 55.7 Å². The maximum absolute atomic E-state index is 10.2. The molecule has 1 atom stereocenters. The molecule has 0 aliphatic heterocycles. The molecule has 0 saturated heterocycles. The summed E-state index contributed by atoms with van der Waals surface area (Å²) >= 11 is 13.7. The van der Waals surface area contributed by atoms with Crippen LogP contribution in [0.1, 0.15) is 28.3 Å². The smallest absolute Gasteiger partial charge is 0.0922 e. The van der Waals surface area contributed by atoms with E-state index >= 15 is 0 Å². The fourth-order valence-electron chi connectivity index (χ4n) is 1.77. The SMILES string of the molecule is CCc1ccc(C(O)Cc2cc(Cl)ccc2Cl)s1. The number of thiophene rings is 1. The molecule has 1 N–H and O–H groups in total. The van der Waals surface area contributed by atoms with Gasteiger partial charge >= 0.3 is 0 Å². The van der Waals surface area contributed by atoms with Crippen LogP contribution in [0.15, 0.2) is 30.3 Å². The van der Waals surface area contributed by atoms with E-state index in [0.29, 0.717) is 16.5 Å². The van der Waals surface area contributed by atoms with Gasteiger partial charge in [0.15, 0.2) is 0 Å². The monoisotopic (exact) mass is 300 g/mol. The molecule has 1 nitrogen and oxygen atoms in total. The van der Waals surface area contributed by atoms with Crippen LogP contribution in [-0.2, 0) is 12.8 Å². The predicted molar refractivity (Wildman–Crippen MR) is 78.8 cm³/mol. The third-order valence-corrected chi connectivity index (χ3v) is 4.71. The lowest BCUT2D eigenvalue weighted by Gasteiger charge is -2.10. The molecule has 1 aromatic carbocycles. The first-order valence-electron chi connectivity index (χ1n) is 5.80. The minimum absolute atomic E-state index is 0.489. The van der Waals surface area contributed by atoms with Gasteiger partial charge in [-0.1, -0.05) is 30.1 Å². The van der Waals surface area contributed by atoms with Crippen molar-refractivity contribution in [1.82, 2.24) is 0 Å². The maximum atomic E-state index is 10.2. The summed E-state index contributed by atoms with van der Waals surface area (Å²) in [5.74, 6) is 0. The van der Waals surface area contributed by atoms with Gasteiger partial charge in [-0.25, -0.2) is 0 Å². The van der Waals surface area contributed by atoms with Gasteiger partial charge in [0.05, 0.1) is 6.10 Å². The van der Waals surface area contributed by atoms with Crippen molar-refractivity contribution < 1.29 is 5.11 Å². The Morgan fingerprint density at radius 3 is 2.67 bits per heavy atom. The van der Waals surface area contributed by atoms with Gasteiger partial charge in [0.25, 0.3) is 0 Å². The van der Waals surface area contributed by atoms with Crippen molar-refractivity contribution in [2.24, 2.45) is 0 Å². The predicted octanol–water partition coefficient (Wildman–Crippen LogP) is 4.89. The maximum Gasteiger partial charge on any atom is 0.0922 e. The fourth-order valence-corrected chi connectivity index (χ4v) is 3.10. The van der Waals surface area contributed by atoms with E-state index in [-0.39, 0.29) is 0 Å². The second-order valence-corrected chi connectivity index (χ2v) is 6.16. The summed E-state index contributed by atoms with van der Waals surface area (Å²) in [6, 6.07) is 9.36. The van der Waals surface area contributed by atoms with Crippen LogP contribution in [0.5, 0.6) is 0 Å². The second kappa shape index (κ2) is 6.07. The minimum atomic E-state index is -0.522. The van der Waals surface area contributed by atoms with Crippen LogP contribution in [0, 0.1) is 0 Å². The molecule has 18 heavy (non-hydrogen) atoms. The molecule has 0 spiro atoms. The van der Waals surface area contributed by atoms with Crippen LogP contribution in [0.2, 0.25) is 10.0 Å². The number of hydrogen-bond donors (Lipinski definition) is 1. The van der Waals surface area contributed by atoms with E-state index in [2.05, 4.69) is 13.0 Å². The molecule has 1 aromatic heterocycles. The minimum Gasteiger partial charge on any atom is -0.387 e. The summed E-state index contributed by atoms with van der Waals surface area (Å²) < 4.78 is 0. The molecule has 1 unspecified atom stereocenters. The molecular weight excluding hydrogens is 287 g/mol. The van der Waals surface area contributed by atoms with Gasteiger partial charge in [0.1, 0.15) is 0 Å². The fraction of sp³-hybridized carbons (Fsp3) is 0.286. The van der Waals surface area contributed by atoms with E-state index in [1.54, 1.807) is 29.5 Å². The lowest BCUT2D eigenvalue weighted by Crippen LogP contribution is -2.00. The van der Waals surface area contributed by atoms with Crippen molar-refractivity contribution in [3.8, 4) is 0 Å². The van der Waals surface area contributed by atoms with Crippen molar-refractivity contribution in [2.45, 2.75) is 25.9 Å². The quantitative estimate of drug-likeness (QED) is 0.852. The molecule has 2 rings (SSSR count). The molecule has 0 radical (unpaired) electrons. The number of aliphatic hydroxyl groups excluding tert-OH is 1. The summed E-state index contributed by atoms with van der Waals surface area (Å²) in [6.07, 6.45) is 0.963. The number of halogens is 2. The molecule has 0 saturated carbocycles. The molecule has 96 valence electrons. The lowest BCUT2D eigenvalue weighted by molar-refractivity contribution is 0.182. The average molecular weight is 301 g/mol. The Morgan fingerprint density at radius 1 is 1.22 bits per heavy atom. The van der Waals surface area contributed by atoms with Crippen molar-refractivity contribution in [1.29, 1.82) is 0 Å². The summed E-state index contributed by atoms with van der Waals surface area (Å²) in [5.41, 5.74) is 0.878. The highest BCUT2D eigenvalue weighted by molar-refractivity contribution is 7.12. The summed E-state index contributed by atoms with van der Waals surface area (Å²) in [7, 11) is 0. The van der Waals surface area contributed by atoms with Crippen molar-refractivity contribution >= 4 is 34.5 Å². The van der Waals surface area contributed by atoms with Gasteiger partial charge in [0, 0.05) is 26.2 Å². The number of benzene rings is 1. The molecule has 0 aliphatic carbocycles. The third-order valence-electron chi connectivity index (χ3n) is 2.78. The van der Waals surface area contributed by atoms with Gasteiger partial charge in [-0.15, -0.1) is 11.3 Å². The first kappa shape index (κ1) is 13.9. The summed E-state index contributed by atoms with van der Waals surface area (Å²) in [5, 5.41) is 11.5. The second-order valence-electron chi connectivity index (χ2n) is 4.11. The van der Waals surface area contributed by atoms with Gasteiger partial charge < -0.3 is 5.11 Å². The Labute approximate surface area is 121 Å². The van der Waals surface area contributed by atoms with Gasteiger partial charge in [-0.05, 0) is 42.3 Å². The van der Waals surface area contributed by atoms with E-state index in [9.17, 15) is 5.11 Å². The topological polar surface area (TPSA) is 20.2 Å². The van der Waals surface area contributed by atoms with E-state index in [4.69, 9.17) is 23.2 Å². The normalized spacial score (nSPS) is 12.7. The Balaban J connectivity index is 2.15. The zero-order valence-corrected chi connectivity index (χ0v) is 12.3. The molecule has 0 bridgehead atoms.